The number of Topliss-reactive ketones (excluding diaryl/α,β-unsaturated/α-hetero) is 1. The number of ketones is 1. The number of nitrogens with two attached hydrogens (primary N) is 1. The van der Waals surface area contributed by atoms with Crippen LogP contribution in [-0.4, -0.2) is 16.5 Å². The zero-order chi connectivity index (χ0) is 17.3. The number of aromatic nitrogens is 1. The standard InChI is InChI=1S/C15H11F3N2O2S2/c16-15(17,18)9-2-1-3-11-13(9)20-14(22-11)23-7-10(21)12-5-4-8(6-19)24-12/h1-5H,6-7,19H2. The Hall–Kier alpha value is -1.84. The van der Waals surface area contributed by atoms with Crippen molar-refractivity contribution in [1.82, 2.24) is 4.98 Å². The smallest absolute Gasteiger partial charge is 0.418 e. The molecule has 2 N–H and O–H groups in total. The van der Waals surface area contributed by atoms with Crippen LogP contribution in [0.15, 0.2) is 40.0 Å². The second-order valence-corrected chi connectivity index (χ2v) is 6.91. The first-order valence-electron chi connectivity index (χ1n) is 6.80. The number of thioether (sulfide) groups is 1. The fourth-order valence-corrected chi connectivity index (χ4v) is 3.68. The highest BCUT2D eigenvalue weighted by molar-refractivity contribution is 7.99. The molecule has 0 atom stereocenters. The number of alkyl halides is 3. The number of hydrogen-bond donors (Lipinski definition) is 1. The van der Waals surface area contributed by atoms with Gasteiger partial charge in [0.15, 0.2) is 11.4 Å². The first-order valence-corrected chi connectivity index (χ1v) is 8.60. The Morgan fingerprint density at radius 3 is 2.75 bits per heavy atom. The number of halogens is 3. The summed E-state index contributed by atoms with van der Waals surface area (Å²) < 4.78 is 44.1. The van der Waals surface area contributed by atoms with Gasteiger partial charge < -0.3 is 10.2 Å². The predicted octanol–water partition coefficient (Wildman–Crippen LogP) is 4.34. The summed E-state index contributed by atoms with van der Waals surface area (Å²) in [6, 6.07) is 7.08. The molecule has 0 aliphatic carbocycles. The molecule has 0 aliphatic heterocycles. The quantitative estimate of drug-likeness (QED) is 0.533. The van der Waals surface area contributed by atoms with Gasteiger partial charge in [-0.2, -0.15) is 13.2 Å². The molecule has 126 valence electrons. The number of carbonyl (C=O) groups excluding carboxylic acids is 1. The van der Waals surface area contributed by atoms with Gasteiger partial charge in [0.2, 0.25) is 0 Å². The van der Waals surface area contributed by atoms with E-state index in [1.807, 2.05) is 0 Å². The molecule has 4 nitrogen and oxygen atoms in total. The molecule has 0 bridgehead atoms. The van der Waals surface area contributed by atoms with E-state index in [4.69, 9.17) is 10.2 Å². The van der Waals surface area contributed by atoms with Crippen molar-refractivity contribution in [2.75, 3.05) is 5.75 Å². The minimum Gasteiger partial charge on any atom is -0.431 e. The van der Waals surface area contributed by atoms with E-state index < -0.39 is 11.7 Å². The van der Waals surface area contributed by atoms with E-state index in [1.54, 1.807) is 12.1 Å². The van der Waals surface area contributed by atoms with Gasteiger partial charge in [0.25, 0.3) is 5.22 Å². The van der Waals surface area contributed by atoms with Gasteiger partial charge >= 0.3 is 6.18 Å². The van der Waals surface area contributed by atoms with Crippen LogP contribution < -0.4 is 5.73 Å². The average Bonchev–Trinajstić information content (AvgIpc) is 3.17. The monoisotopic (exact) mass is 372 g/mol. The zero-order valence-corrected chi connectivity index (χ0v) is 13.7. The third-order valence-electron chi connectivity index (χ3n) is 3.17. The molecule has 0 radical (unpaired) electrons. The Morgan fingerprint density at radius 1 is 1.29 bits per heavy atom. The van der Waals surface area contributed by atoms with Gasteiger partial charge in [0.05, 0.1) is 16.2 Å². The maximum atomic E-state index is 12.9. The van der Waals surface area contributed by atoms with Crippen LogP contribution in [0.3, 0.4) is 0 Å². The lowest BCUT2D eigenvalue weighted by molar-refractivity contribution is -0.136. The Morgan fingerprint density at radius 2 is 2.08 bits per heavy atom. The van der Waals surface area contributed by atoms with Crippen LogP contribution in [0.1, 0.15) is 20.1 Å². The second-order valence-electron chi connectivity index (χ2n) is 4.81. The van der Waals surface area contributed by atoms with E-state index in [0.717, 1.165) is 22.7 Å². The highest BCUT2D eigenvalue weighted by Gasteiger charge is 2.34. The van der Waals surface area contributed by atoms with Crippen molar-refractivity contribution < 1.29 is 22.4 Å². The summed E-state index contributed by atoms with van der Waals surface area (Å²) in [5.41, 5.74) is 4.44. The van der Waals surface area contributed by atoms with E-state index in [0.29, 0.717) is 11.4 Å². The van der Waals surface area contributed by atoms with Crippen LogP contribution in [0, 0.1) is 0 Å². The molecule has 0 amide bonds. The maximum Gasteiger partial charge on any atom is 0.418 e. The summed E-state index contributed by atoms with van der Waals surface area (Å²) in [5.74, 6) is -0.124. The second kappa shape index (κ2) is 6.58. The molecule has 2 heterocycles. The largest absolute Gasteiger partial charge is 0.431 e. The Labute approximate surface area is 142 Å². The predicted molar refractivity (Wildman–Crippen MR) is 86.3 cm³/mol. The summed E-state index contributed by atoms with van der Waals surface area (Å²) in [5, 5.41) is 0.0330. The van der Waals surface area contributed by atoms with E-state index >= 15 is 0 Å². The summed E-state index contributed by atoms with van der Waals surface area (Å²) in [4.78, 5) is 17.4. The summed E-state index contributed by atoms with van der Waals surface area (Å²) in [6.45, 7) is 0.358. The van der Waals surface area contributed by atoms with Crippen molar-refractivity contribution in [2.24, 2.45) is 5.73 Å². The first-order chi connectivity index (χ1) is 11.4. The normalized spacial score (nSPS) is 12.0. The number of benzene rings is 1. The SMILES string of the molecule is NCc1ccc(C(=O)CSc2nc3c(C(F)(F)F)cccc3o2)s1. The number of nitrogens with zero attached hydrogens (tertiary/aromatic N) is 1. The maximum absolute atomic E-state index is 12.9. The summed E-state index contributed by atoms with van der Waals surface area (Å²) in [6.07, 6.45) is -4.51. The Balaban J connectivity index is 1.77. The molecular formula is C15H11F3N2O2S2. The van der Waals surface area contributed by atoms with E-state index in [1.165, 1.54) is 23.5 Å². The highest BCUT2D eigenvalue weighted by Crippen LogP contribution is 2.36. The summed E-state index contributed by atoms with van der Waals surface area (Å²) >= 11 is 2.27. The van der Waals surface area contributed by atoms with Gasteiger partial charge in [-0.3, -0.25) is 4.79 Å². The van der Waals surface area contributed by atoms with Gasteiger partial charge in [-0.1, -0.05) is 17.8 Å². The van der Waals surface area contributed by atoms with E-state index in [-0.39, 0.29) is 27.9 Å². The molecule has 0 spiro atoms. The summed E-state index contributed by atoms with van der Waals surface area (Å²) in [7, 11) is 0. The molecule has 0 saturated carbocycles. The van der Waals surface area contributed by atoms with E-state index in [9.17, 15) is 18.0 Å². The zero-order valence-electron chi connectivity index (χ0n) is 12.1. The molecule has 0 fully saturated rings. The Kier molecular flexibility index (Phi) is 4.66. The van der Waals surface area contributed by atoms with Crippen LogP contribution >= 0.6 is 23.1 Å². The third kappa shape index (κ3) is 3.47. The fourth-order valence-electron chi connectivity index (χ4n) is 2.05. The number of fused-ring (bicyclic) bond motifs is 1. The molecule has 0 unspecified atom stereocenters. The molecule has 3 rings (SSSR count). The van der Waals surface area contributed by atoms with Crippen molar-refractivity contribution in [3.05, 3.63) is 45.6 Å². The molecular weight excluding hydrogens is 361 g/mol. The fraction of sp³-hybridized carbons (Fsp3) is 0.200. The molecule has 0 aliphatic rings. The minimum atomic E-state index is -4.51. The van der Waals surface area contributed by atoms with Crippen LogP contribution in [0.2, 0.25) is 0 Å². The van der Waals surface area contributed by atoms with Crippen molar-refractivity contribution >= 4 is 40.0 Å². The molecule has 3 aromatic rings. The first kappa shape index (κ1) is 17.0. The van der Waals surface area contributed by atoms with Gasteiger partial charge in [-0.15, -0.1) is 11.3 Å². The van der Waals surface area contributed by atoms with Gasteiger partial charge in [0, 0.05) is 11.4 Å². The molecule has 1 aromatic carbocycles. The van der Waals surface area contributed by atoms with Crippen LogP contribution in [0.5, 0.6) is 0 Å². The van der Waals surface area contributed by atoms with Gasteiger partial charge in [0.1, 0.15) is 5.52 Å². The van der Waals surface area contributed by atoms with Crippen molar-refractivity contribution in [2.45, 2.75) is 17.9 Å². The van der Waals surface area contributed by atoms with E-state index in [2.05, 4.69) is 4.98 Å². The lowest BCUT2D eigenvalue weighted by atomic mass is 10.2. The number of hydrogen-bond acceptors (Lipinski definition) is 6. The number of rotatable bonds is 5. The average molecular weight is 372 g/mol. The lowest BCUT2D eigenvalue weighted by Gasteiger charge is -2.05. The minimum absolute atomic E-state index is 0.0265. The third-order valence-corrected chi connectivity index (χ3v) is 5.15. The number of para-hydroxylation sites is 1. The van der Waals surface area contributed by atoms with Crippen LogP contribution in [0.25, 0.3) is 11.1 Å². The highest BCUT2D eigenvalue weighted by atomic mass is 32.2. The van der Waals surface area contributed by atoms with Gasteiger partial charge in [-0.05, 0) is 24.3 Å². The molecule has 24 heavy (non-hydrogen) atoms. The lowest BCUT2D eigenvalue weighted by Crippen LogP contribution is -2.05. The van der Waals surface area contributed by atoms with Crippen molar-refractivity contribution in [3.8, 4) is 0 Å². The van der Waals surface area contributed by atoms with Crippen molar-refractivity contribution in [3.63, 3.8) is 0 Å². The number of thiophene rings is 1. The van der Waals surface area contributed by atoms with Crippen molar-refractivity contribution in [1.29, 1.82) is 0 Å². The van der Waals surface area contributed by atoms with Crippen LogP contribution in [-0.2, 0) is 12.7 Å². The Bertz CT molecular complexity index is 886. The van der Waals surface area contributed by atoms with Gasteiger partial charge in [-0.25, -0.2) is 4.98 Å². The van der Waals surface area contributed by atoms with Crippen LogP contribution in [0.4, 0.5) is 13.2 Å². The molecule has 0 saturated heterocycles. The molecule has 2 aromatic heterocycles. The molecule has 9 heteroatoms. The topological polar surface area (TPSA) is 69.1 Å². The number of oxazole rings is 1. The number of carbonyl (C=O) groups is 1.